The minimum Gasteiger partial charge on any atom is -0.463 e. The van der Waals surface area contributed by atoms with Crippen LogP contribution in [0.25, 0.3) is 0 Å². The van der Waals surface area contributed by atoms with Crippen molar-refractivity contribution < 1.29 is 9.53 Å². The molecule has 0 aliphatic heterocycles. The zero-order valence-electron chi connectivity index (χ0n) is 9.68. The number of pyridine rings is 1. The summed E-state index contributed by atoms with van der Waals surface area (Å²) in [6.45, 7) is 3.93. The van der Waals surface area contributed by atoms with Crippen molar-refractivity contribution in [1.82, 2.24) is 4.57 Å². The molecule has 1 unspecified atom stereocenters. The van der Waals surface area contributed by atoms with E-state index >= 15 is 0 Å². The molecule has 0 saturated carbocycles. The lowest BCUT2D eigenvalue weighted by atomic mass is 10.2. The van der Waals surface area contributed by atoms with Crippen molar-refractivity contribution in [3.8, 4) is 0 Å². The summed E-state index contributed by atoms with van der Waals surface area (Å²) in [4.78, 5) is 22.2. The molecule has 0 fully saturated rings. The Balaban J connectivity index is 2.53. The quantitative estimate of drug-likeness (QED) is 0.712. The predicted molar refractivity (Wildman–Crippen MR) is 61.2 cm³/mol. The maximum absolute atomic E-state index is 11.4. The number of esters is 1. The third-order valence-corrected chi connectivity index (χ3v) is 2.38. The van der Waals surface area contributed by atoms with Crippen LogP contribution in [0.3, 0.4) is 0 Å². The van der Waals surface area contributed by atoms with Crippen molar-refractivity contribution in [2.24, 2.45) is 0 Å². The van der Waals surface area contributed by atoms with Gasteiger partial charge in [0.15, 0.2) is 0 Å². The number of carbonyl (C=O) groups is 1. The molecule has 1 atom stereocenters. The van der Waals surface area contributed by atoms with E-state index in [1.807, 2.05) is 13.0 Å². The van der Waals surface area contributed by atoms with E-state index in [1.165, 1.54) is 13.0 Å². The van der Waals surface area contributed by atoms with Crippen LogP contribution in [-0.2, 0) is 16.1 Å². The summed E-state index contributed by atoms with van der Waals surface area (Å²) in [7, 11) is 0. The second-order valence-corrected chi connectivity index (χ2v) is 3.66. The lowest BCUT2D eigenvalue weighted by molar-refractivity contribution is -0.146. The molecule has 0 aliphatic rings. The van der Waals surface area contributed by atoms with Gasteiger partial charge in [-0.15, -0.1) is 0 Å². The number of rotatable bonds is 5. The molecular formula is C12H17NO3. The van der Waals surface area contributed by atoms with Crippen molar-refractivity contribution in [3.05, 3.63) is 34.7 Å². The predicted octanol–water partition coefficient (Wildman–Crippen LogP) is 1.58. The Labute approximate surface area is 94.9 Å². The smallest absolute Gasteiger partial charge is 0.302 e. The standard InChI is InChI=1S/C12H17NO3/c1-3-11(16-10(2)14)7-9-13-8-5-4-6-12(13)15/h4-6,8,11H,3,7,9H2,1-2H3. The Morgan fingerprint density at radius 3 is 2.81 bits per heavy atom. The monoisotopic (exact) mass is 223 g/mol. The number of aromatic nitrogens is 1. The molecular weight excluding hydrogens is 206 g/mol. The average Bonchev–Trinajstić information content (AvgIpc) is 2.25. The molecule has 0 bridgehead atoms. The number of hydrogen-bond acceptors (Lipinski definition) is 3. The summed E-state index contributed by atoms with van der Waals surface area (Å²) < 4.78 is 6.72. The highest BCUT2D eigenvalue weighted by atomic mass is 16.5. The first-order valence-corrected chi connectivity index (χ1v) is 5.46. The van der Waals surface area contributed by atoms with Crippen molar-refractivity contribution >= 4 is 5.97 Å². The summed E-state index contributed by atoms with van der Waals surface area (Å²) >= 11 is 0. The molecule has 0 saturated heterocycles. The summed E-state index contributed by atoms with van der Waals surface area (Å²) in [6, 6.07) is 5.04. The third kappa shape index (κ3) is 3.88. The zero-order chi connectivity index (χ0) is 12.0. The van der Waals surface area contributed by atoms with E-state index < -0.39 is 0 Å². The Morgan fingerprint density at radius 1 is 1.50 bits per heavy atom. The van der Waals surface area contributed by atoms with Gasteiger partial charge in [0.05, 0.1) is 0 Å². The van der Waals surface area contributed by atoms with Crippen LogP contribution in [0.4, 0.5) is 0 Å². The first-order chi connectivity index (χ1) is 7.63. The molecule has 0 amide bonds. The van der Waals surface area contributed by atoms with Gasteiger partial charge < -0.3 is 9.30 Å². The Bertz CT molecular complexity index is 397. The van der Waals surface area contributed by atoms with Gasteiger partial charge in [-0.3, -0.25) is 9.59 Å². The minimum absolute atomic E-state index is 0.0276. The van der Waals surface area contributed by atoms with E-state index in [1.54, 1.807) is 16.8 Å². The maximum atomic E-state index is 11.4. The van der Waals surface area contributed by atoms with Gasteiger partial charge in [-0.2, -0.15) is 0 Å². The van der Waals surface area contributed by atoms with Gasteiger partial charge in [0.2, 0.25) is 5.56 Å². The van der Waals surface area contributed by atoms with E-state index in [2.05, 4.69) is 0 Å². The summed E-state index contributed by atoms with van der Waals surface area (Å²) in [5.41, 5.74) is -0.0276. The molecule has 88 valence electrons. The summed E-state index contributed by atoms with van der Waals surface area (Å²) in [5.74, 6) is -0.271. The number of nitrogens with zero attached hydrogens (tertiary/aromatic N) is 1. The fourth-order valence-electron chi connectivity index (χ4n) is 1.51. The van der Waals surface area contributed by atoms with E-state index in [0.717, 1.165) is 6.42 Å². The molecule has 1 heterocycles. The molecule has 4 heteroatoms. The molecule has 16 heavy (non-hydrogen) atoms. The highest BCUT2D eigenvalue weighted by molar-refractivity contribution is 5.66. The Hall–Kier alpha value is -1.58. The first kappa shape index (κ1) is 12.5. The fraction of sp³-hybridized carbons (Fsp3) is 0.500. The first-order valence-electron chi connectivity index (χ1n) is 5.46. The Kier molecular flexibility index (Phi) is 4.76. The second-order valence-electron chi connectivity index (χ2n) is 3.66. The van der Waals surface area contributed by atoms with Crippen LogP contribution in [0.2, 0.25) is 0 Å². The molecule has 1 aromatic heterocycles. The van der Waals surface area contributed by atoms with Crippen LogP contribution >= 0.6 is 0 Å². The second kappa shape index (κ2) is 6.10. The highest BCUT2D eigenvalue weighted by Crippen LogP contribution is 2.05. The minimum atomic E-state index is -0.271. The maximum Gasteiger partial charge on any atom is 0.302 e. The topological polar surface area (TPSA) is 48.3 Å². The van der Waals surface area contributed by atoms with Gasteiger partial charge in [-0.05, 0) is 12.5 Å². The van der Waals surface area contributed by atoms with Crippen LogP contribution in [0.5, 0.6) is 0 Å². The average molecular weight is 223 g/mol. The Morgan fingerprint density at radius 2 is 2.25 bits per heavy atom. The number of aryl methyl sites for hydroxylation is 1. The lowest BCUT2D eigenvalue weighted by Gasteiger charge is -2.15. The van der Waals surface area contributed by atoms with Crippen molar-refractivity contribution in [3.63, 3.8) is 0 Å². The number of hydrogen-bond donors (Lipinski definition) is 0. The van der Waals surface area contributed by atoms with Crippen molar-refractivity contribution in [2.75, 3.05) is 0 Å². The van der Waals surface area contributed by atoms with Gasteiger partial charge in [0.25, 0.3) is 0 Å². The zero-order valence-corrected chi connectivity index (χ0v) is 9.68. The molecule has 0 N–H and O–H groups in total. The summed E-state index contributed by atoms with van der Waals surface area (Å²) in [5, 5.41) is 0. The third-order valence-electron chi connectivity index (χ3n) is 2.38. The molecule has 0 radical (unpaired) electrons. The summed E-state index contributed by atoms with van der Waals surface area (Å²) in [6.07, 6.45) is 3.06. The van der Waals surface area contributed by atoms with E-state index in [-0.39, 0.29) is 17.6 Å². The van der Waals surface area contributed by atoms with E-state index in [9.17, 15) is 9.59 Å². The van der Waals surface area contributed by atoms with Gasteiger partial charge >= 0.3 is 5.97 Å². The largest absolute Gasteiger partial charge is 0.463 e. The van der Waals surface area contributed by atoms with E-state index in [4.69, 9.17) is 4.74 Å². The lowest BCUT2D eigenvalue weighted by Crippen LogP contribution is -2.23. The molecule has 1 aromatic rings. The van der Waals surface area contributed by atoms with Gasteiger partial charge in [-0.1, -0.05) is 13.0 Å². The SMILES string of the molecule is CCC(CCn1ccccc1=O)OC(C)=O. The van der Waals surface area contributed by atoms with Crippen molar-refractivity contribution in [2.45, 2.75) is 39.3 Å². The number of carbonyl (C=O) groups excluding carboxylic acids is 1. The molecule has 0 spiro atoms. The van der Waals surface area contributed by atoms with Crippen LogP contribution in [0.1, 0.15) is 26.7 Å². The van der Waals surface area contributed by atoms with Crippen LogP contribution in [0.15, 0.2) is 29.2 Å². The van der Waals surface area contributed by atoms with Crippen LogP contribution in [0, 0.1) is 0 Å². The highest BCUT2D eigenvalue weighted by Gasteiger charge is 2.09. The van der Waals surface area contributed by atoms with Crippen LogP contribution in [-0.4, -0.2) is 16.6 Å². The normalized spacial score (nSPS) is 12.1. The molecule has 0 aliphatic carbocycles. The molecule has 0 aromatic carbocycles. The van der Waals surface area contributed by atoms with Gasteiger partial charge in [0.1, 0.15) is 6.10 Å². The molecule has 1 rings (SSSR count). The van der Waals surface area contributed by atoms with Crippen molar-refractivity contribution in [1.29, 1.82) is 0 Å². The number of ether oxygens (including phenoxy) is 1. The van der Waals surface area contributed by atoms with Crippen LogP contribution < -0.4 is 5.56 Å². The van der Waals surface area contributed by atoms with E-state index in [0.29, 0.717) is 13.0 Å². The fourth-order valence-corrected chi connectivity index (χ4v) is 1.51. The molecule has 4 nitrogen and oxygen atoms in total. The van der Waals surface area contributed by atoms with Gasteiger partial charge in [-0.25, -0.2) is 0 Å². The van der Waals surface area contributed by atoms with Gasteiger partial charge in [0, 0.05) is 32.2 Å².